The molecule has 0 aromatic carbocycles. The zero-order chi connectivity index (χ0) is 13.5. The van der Waals surface area contributed by atoms with E-state index in [0.29, 0.717) is 12.2 Å². The minimum atomic E-state index is -0.598. The van der Waals surface area contributed by atoms with Crippen LogP contribution in [0.25, 0.3) is 0 Å². The first-order chi connectivity index (χ1) is 8.49. The number of hydrogen-bond donors (Lipinski definition) is 2. The van der Waals surface area contributed by atoms with Crippen molar-refractivity contribution in [2.75, 3.05) is 26.0 Å². The summed E-state index contributed by atoms with van der Waals surface area (Å²) >= 11 is 0. The molecule has 1 aromatic rings. The summed E-state index contributed by atoms with van der Waals surface area (Å²) < 4.78 is 0. The lowest BCUT2D eigenvalue weighted by Gasteiger charge is -2.04. The number of amides is 2. The molecule has 1 aromatic heterocycles. The Morgan fingerprint density at radius 2 is 2.17 bits per heavy atom. The van der Waals surface area contributed by atoms with Gasteiger partial charge < -0.3 is 16.0 Å². The fraction of sp³-hybridized carbons (Fsp3) is 0.250. The summed E-state index contributed by atoms with van der Waals surface area (Å²) in [6.45, 7) is 0.687. The van der Waals surface area contributed by atoms with Crippen LogP contribution >= 0.6 is 0 Å². The van der Waals surface area contributed by atoms with Crippen LogP contribution in [0.2, 0.25) is 0 Å². The van der Waals surface area contributed by atoms with Crippen molar-refractivity contribution >= 4 is 17.5 Å². The number of carbonyl (C=O) groups is 2. The smallest absolute Gasteiger partial charge is 0.267 e. The van der Waals surface area contributed by atoms with E-state index >= 15 is 0 Å². The second-order valence-electron chi connectivity index (χ2n) is 3.95. The predicted molar refractivity (Wildman–Crippen MR) is 69.1 cm³/mol. The van der Waals surface area contributed by atoms with Crippen molar-refractivity contribution in [3.05, 3.63) is 36.2 Å². The van der Waals surface area contributed by atoms with Crippen LogP contribution in [0.3, 0.4) is 0 Å². The largest absolute Gasteiger partial charge is 0.364 e. The summed E-state index contributed by atoms with van der Waals surface area (Å²) in [5.74, 6) is -0.843. The zero-order valence-corrected chi connectivity index (χ0v) is 10.4. The maximum absolute atomic E-state index is 11.5. The first-order valence-electron chi connectivity index (χ1n) is 5.37. The van der Waals surface area contributed by atoms with Gasteiger partial charge in [0.15, 0.2) is 0 Å². The van der Waals surface area contributed by atoms with Crippen LogP contribution in [-0.2, 0) is 4.79 Å². The van der Waals surface area contributed by atoms with Crippen molar-refractivity contribution in [3.8, 4) is 0 Å². The standard InChI is InChI=1S/C12H16N4O2/c1-16(2)7-3-4-11(17)15-9-5-6-10(12(13)18)14-8-9/h3-6,8H,7H2,1-2H3,(H2,13,18)(H,15,17). The van der Waals surface area contributed by atoms with Gasteiger partial charge in [0.2, 0.25) is 5.91 Å². The van der Waals surface area contributed by atoms with Gasteiger partial charge in [-0.15, -0.1) is 0 Å². The fourth-order valence-corrected chi connectivity index (χ4v) is 1.17. The highest BCUT2D eigenvalue weighted by atomic mass is 16.1. The van der Waals surface area contributed by atoms with Gasteiger partial charge in [-0.05, 0) is 26.2 Å². The van der Waals surface area contributed by atoms with E-state index in [4.69, 9.17) is 5.73 Å². The quantitative estimate of drug-likeness (QED) is 0.730. The topological polar surface area (TPSA) is 88.3 Å². The summed E-state index contributed by atoms with van der Waals surface area (Å²) in [6, 6.07) is 3.03. The number of carbonyl (C=O) groups excluding carboxylic acids is 2. The Kier molecular flexibility index (Phi) is 5.01. The summed E-state index contributed by atoms with van der Waals surface area (Å²) in [6.07, 6.45) is 4.58. The van der Waals surface area contributed by atoms with Crippen LogP contribution in [0, 0.1) is 0 Å². The molecule has 6 nitrogen and oxygen atoms in total. The number of nitrogens with two attached hydrogens (primary N) is 1. The first-order valence-corrected chi connectivity index (χ1v) is 5.37. The number of primary amides is 1. The van der Waals surface area contributed by atoms with Crippen molar-refractivity contribution < 1.29 is 9.59 Å². The maximum Gasteiger partial charge on any atom is 0.267 e. The van der Waals surface area contributed by atoms with E-state index in [1.807, 2.05) is 19.0 Å². The molecule has 2 amide bonds. The SMILES string of the molecule is CN(C)CC=CC(=O)Nc1ccc(C(N)=O)nc1. The Morgan fingerprint density at radius 3 is 2.67 bits per heavy atom. The summed E-state index contributed by atoms with van der Waals surface area (Å²) in [5.41, 5.74) is 5.73. The van der Waals surface area contributed by atoms with Crippen molar-refractivity contribution in [2.24, 2.45) is 5.73 Å². The second kappa shape index (κ2) is 6.51. The Bertz CT molecular complexity index is 452. The minimum Gasteiger partial charge on any atom is -0.364 e. The number of rotatable bonds is 5. The van der Waals surface area contributed by atoms with Crippen molar-refractivity contribution in [3.63, 3.8) is 0 Å². The molecule has 0 atom stereocenters. The van der Waals surface area contributed by atoms with Gasteiger partial charge in [0.05, 0.1) is 11.9 Å². The fourth-order valence-electron chi connectivity index (χ4n) is 1.17. The van der Waals surface area contributed by atoms with E-state index in [1.165, 1.54) is 18.3 Å². The van der Waals surface area contributed by atoms with Crippen LogP contribution in [0.5, 0.6) is 0 Å². The van der Waals surface area contributed by atoms with Crippen molar-refractivity contribution in [2.45, 2.75) is 0 Å². The number of aromatic nitrogens is 1. The molecule has 0 unspecified atom stereocenters. The highest BCUT2D eigenvalue weighted by molar-refractivity contribution is 5.99. The number of hydrogen-bond acceptors (Lipinski definition) is 4. The average molecular weight is 248 g/mol. The Balaban J connectivity index is 2.54. The molecule has 0 aliphatic carbocycles. The first kappa shape index (κ1) is 13.9. The molecule has 0 radical (unpaired) electrons. The molecule has 0 aliphatic rings. The van der Waals surface area contributed by atoms with E-state index in [9.17, 15) is 9.59 Å². The van der Waals surface area contributed by atoms with E-state index in [0.717, 1.165) is 0 Å². The van der Waals surface area contributed by atoms with Crippen LogP contribution in [-0.4, -0.2) is 42.3 Å². The number of nitrogens with one attached hydrogen (secondary N) is 1. The Morgan fingerprint density at radius 1 is 1.44 bits per heavy atom. The lowest BCUT2D eigenvalue weighted by atomic mass is 10.3. The van der Waals surface area contributed by atoms with Gasteiger partial charge in [-0.1, -0.05) is 6.08 Å². The molecule has 18 heavy (non-hydrogen) atoms. The van der Waals surface area contributed by atoms with Gasteiger partial charge in [0, 0.05) is 12.6 Å². The molecule has 1 heterocycles. The minimum absolute atomic E-state index is 0.163. The van der Waals surface area contributed by atoms with E-state index in [1.54, 1.807) is 12.1 Å². The lowest BCUT2D eigenvalue weighted by molar-refractivity contribution is -0.111. The molecule has 0 saturated carbocycles. The van der Waals surface area contributed by atoms with Gasteiger partial charge in [-0.2, -0.15) is 0 Å². The highest BCUT2D eigenvalue weighted by Gasteiger charge is 2.02. The molecule has 1 rings (SSSR count). The summed E-state index contributed by atoms with van der Waals surface area (Å²) in [7, 11) is 3.82. The predicted octanol–water partition coefficient (Wildman–Crippen LogP) is 0.237. The monoisotopic (exact) mass is 248 g/mol. The molecular formula is C12H16N4O2. The normalized spacial score (nSPS) is 10.8. The van der Waals surface area contributed by atoms with E-state index in [2.05, 4.69) is 10.3 Å². The number of pyridine rings is 1. The van der Waals surface area contributed by atoms with E-state index in [-0.39, 0.29) is 11.6 Å². The number of anilines is 1. The number of nitrogens with zero attached hydrogens (tertiary/aromatic N) is 2. The van der Waals surface area contributed by atoms with Crippen LogP contribution in [0.15, 0.2) is 30.5 Å². The Hall–Kier alpha value is -2.21. The van der Waals surface area contributed by atoms with Crippen molar-refractivity contribution in [1.82, 2.24) is 9.88 Å². The van der Waals surface area contributed by atoms with Gasteiger partial charge in [-0.25, -0.2) is 4.98 Å². The van der Waals surface area contributed by atoms with Crippen LogP contribution in [0.1, 0.15) is 10.5 Å². The summed E-state index contributed by atoms with van der Waals surface area (Å²) in [5, 5.41) is 2.62. The Labute approximate surface area is 105 Å². The second-order valence-corrected chi connectivity index (χ2v) is 3.95. The van der Waals surface area contributed by atoms with Crippen molar-refractivity contribution in [1.29, 1.82) is 0 Å². The third kappa shape index (κ3) is 4.75. The third-order valence-electron chi connectivity index (χ3n) is 2.02. The molecule has 0 aliphatic heterocycles. The molecular weight excluding hydrogens is 232 g/mol. The molecule has 96 valence electrons. The molecule has 0 spiro atoms. The van der Waals surface area contributed by atoms with Crippen LogP contribution in [0.4, 0.5) is 5.69 Å². The summed E-state index contributed by atoms with van der Waals surface area (Å²) in [4.78, 5) is 28.0. The number of likely N-dealkylation sites (N-methyl/N-ethyl adjacent to an activating group) is 1. The molecule has 0 bridgehead atoms. The average Bonchev–Trinajstić information content (AvgIpc) is 2.29. The highest BCUT2D eigenvalue weighted by Crippen LogP contribution is 2.05. The molecule has 0 saturated heterocycles. The van der Waals surface area contributed by atoms with Gasteiger partial charge >= 0.3 is 0 Å². The van der Waals surface area contributed by atoms with Gasteiger partial charge in [0.1, 0.15) is 5.69 Å². The third-order valence-corrected chi connectivity index (χ3v) is 2.02. The maximum atomic E-state index is 11.5. The van der Waals surface area contributed by atoms with Crippen LogP contribution < -0.4 is 11.1 Å². The molecule has 0 fully saturated rings. The zero-order valence-electron chi connectivity index (χ0n) is 10.4. The van der Waals surface area contributed by atoms with Gasteiger partial charge in [0.25, 0.3) is 5.91 Å². The van der Waals surface area contributed by atoms with Gasteiger partial charge in [-0.3, -0.25) is 9.59 Å². The molecule has 3 N–H and O–H groups in total. The lowest BCUT2D eigenvalue weighted by Crippen LogP contribution is -2.14. The molecule has 6 heteroatoms. The van der Waals surface area contributed by atoms with E-state index < -0.39 is 5.91 Å².